The summed E-state index contributed by atoms with van der Waals surface area (Å²) in [6, 6.07) is 15.1. The Morgan fingerprint density at radius 2 is 1.18 bits per heavy atom. The molecule has 1 unspecified atom stereocenters. The van der Waals surface area contributed by atoms with Crippen LogP contribution in [0.1, 0.15) is 77.9 Å². The average molecular weight is 842 g/mol. The van der Waals surface area contributed by atoms with E-state index in [1.165, 1.54) is 14.2 Å². The summed E-state index contributed by atoms with van der Waals surface area (Å²) >= 11 is 0. The number of carbonyl (C=O) groups excluding carboxylic acids is 4. The number of methoxy groups -OCH3 is 2. The number of H-pyrrole nitrogens is 2. The van der Waals surface area contributed by atoms with Gasteiger partial charge in [0.15, 0.2) is 0 Å². The van der Waals surface area contributed by atoms with Crippen LogP contribution in [-0.4, -0.2) is 98.1 Å². The van der Waals surface area contributed by atoms with Gasteiger partial charge in [-0.1, -0.05) is 70.2 Å². The smallest absolute Gasteiger partial charge is 0.407 e. The largest absolute Gasteiger partial charge is 0.453 e. The topological polar surface area (TPSA) is 188 Å². The summed E-state index contributed by atoms with van der Waals surface area (Å²) in [5.74, 6) is 1.81. The molecule has 0 radical (unpaired) electrons. The summed E-state index contributed by atoms with van der Waals surface area (Å²) in [6.07, 6.45) is 9.55. The van der Waals surface area contributed by atoms with Crippen LogP contribution in [0, 0.1) is 23.7 Å². The normalized spacial score (nSPS) is 23.6. The Labute approximate surface area is 360 Å². The van der Waals surface area contributed by atoms with Gasteiger partial charge in [0, 0.05) is 35.8 Å². The molecule has 2 saturated heterocycles. The van der Waals surface area contributed by atoms with Crippen LogP contribution in [0.15, 0.2) is 67.1 Å². The number of benzene rings is 2. The lowest BCUT2D eigenvalue weighted by molar-refractivity contribution is -0.141. The third-order valence-electron chi connectivity index (χ3n) is 14.0. The van der Waals surface area contributed by atoms with Gasteiger partial charge >= 0.3 is 12.2 Å². The molecule has 9 rings (SSSR count). The molecule has 0 spiro atoms. The van der Waals surface area contributed by atoms with Crippen molar-refractivity contribution in [2.24, 2.45) is 23.7 Å². The number of carbonyl (C=O) groups is 4. The molecule has 4 amide bonds. The van der Waals surface area contributed by atoms with E-state index < -0.39 is 35.3 Å². The van der Waals surface area contributed by atoms with Crippen LogP contribution in [0.3, 0.4) is 0 Å². The Balaban J connectivity index is 0.966. The van der Waals surface area contributed by atoms with Crippen LogP contribution in [-0.2, 0) is 30.1 Å². The van der Waals surface area contributed by atoms with Crippen LogP contribution in [0.2, 0.25) is 0 Å². The number of piperidine rings is 2. The molecule has 324 valence electrons. The number of ether oxygens (including phenoxy) is 2. The molecule has 2 aliphatic heterocycles. The molecule has 6 atom stereocenters. The number of imidazole rings is 2. The van der Waals surface area contributed by atoms with Gasteiger partial charge in [-0.2, -0.15) is 0 Å². The minimum absolute atomic E-state index is 0.111. The maximum Gasteiger partial charge on any atom is 0.407 e. The molecule has 2 saturated carbocycles. The van der Waals surface area contributed by atoms with Gasteiger partial charge in [-0.05, 0) is 79.4 Å². The number of rotatable bonds is 11. The van der Waals surface area contributed by atoms with Crippen LogP contribution >= 0.6 is 0 Å². The summed E-state index contributed by atoms with van der Waals surface area (Å²) in [5.41, 5.74) is 5.34. The SMILES string of the molecule is COC(=O)N[C@H](C(=O)N1C[C@H]2CCC1(c1ncc(-c3ccc(-c4ccc(-c5cnc([C@]67CC[C@H](CN6C(=O)[C@@H](NC(=O)OC)C(C)C)C7)[nH]5)c5cccnc45)cc3)[nH]1)C2)C(C)C. The van der Waals surface area contributed by atoms with Gasteiger partial charge in [-0.25, -0.2) is 19.6 Å². The molecule has 2 aromatic carbocycles. The first-order valence-corrected chi connectivity index (χ1v) is 21.8. The Kier molecular flexibility index (Phi) is 10.5. The number of pyridine rings is 1. The van der Waals surface area contributed by atoms with E-state index in [-0.39, 0.29) is 23.7 Å². The molecule has 15 heteroatoms. The molecule has 4 aliphatic rings. The highest BCUT2D eigenvalue weighted by molar-refractivity contribution is 6.02. The predicted molar refractivity (Wildman–Crippen MR) is 232 cm³/mol. The van der Waals surface area contributed by atoms with Gasteiger partial charge < -0.3 is 39.9 Å². The number of aromatic amines is 2. The zero-order chi connectivity index (χ0) is 43.5. The molecule has 3 aromatic heterocycles. The zero-order valence-corrected chi connectivity index (χ0v) is 36.2. The van der Waals surface area contributed by atoms with Crippen LogP contribution < -0.4 is 10.6 Å². The fraction of sp³-hybridized carbons (Fsp3) is 0.468. The second-order valence-electron chi connectivity index (χ2n) is 18.3. The average Bonchev–Trinajstić information content (AvgIpc) is 4.16. The van der Waals surface area contributed by atoms with Gasteiger partial charge in [0.1, 0.15) is 34.8 Å². The number of nitrogens with one attached hydrogen (secondary N) is 4. The van der Waals surface area contributed by atoms with E-state index in [1.807, 2.05) is 56.0 Å². The monoisotopic (exact) mass is 841 g/mol. The van der Waals surface area contributed by atoms with E-state index in [0.717, 1.165) is 94.7 Å². The van der Waals surface area contributed by atoms with Crippen molar-refractivity contribution in [1.82, 2.24) is 45.4 Å². The third-order valence-corrected chi connectivity index (χ3v) is 14.0. The van der Waals surface area contributed by atoms with E-state index >= 15 is 0 Å². The van der Waals surface area contributed by atoms with Gasteiger partial charge in [-0.3, -0.25) is 14.6 Å². The Morgan fingerprint density at radius 1 is 0.677 bits per heavy atom. The highest BCUT2D eigenvalue weighted by atomic mass is 16.5. The molecule has 4 fully saturated rings. The van der Waals surface area contributed by atoms with Crippen molar-refractivity contribution in [1.29, 1.82) is 0 Å². The van der Waals surface area contributed by atoms with Crippen LogP contribution in [0.4, 0.5) is 9.59 Å². The molecule has 4 N–H and O–H groups in total. The highest BCUT2D eigenvalue weighted by Crippen LogP contribution is 2.54. The minimum Gasteiger partial charge on any atom is -0.453 e. The maximum absolute atomic E-state index is 14.1. The van der Waals surface area contributed by atoms with E-state index in [4.69, 9.17) is 24.4 Å². The van der Waals surface area contributed by atoms with E-state index in [2.05, 4.69) is 63.1 Å². The maximum atomic E-state index is 14.1. The first-order valence-electron chi connectivity index (χ1n) is 21.8. The number of hydrogen-bond donors (Lipinski definition) is 4. The lowest BCUT2D eigenvalue weighted by Crippen LogP contribution is -2.56. The van der Waals surface area contributed by atoms with E-state index in [9.17, 15) is 19.2 Å². The Bertz CT molecular complexity index is 2530. The standard InChI is InChI=1S/C47H55N9O6/c1-26(2)37(53-44(59)61-5)40(57)55-24-28-15-17-46(55,20-28)42-49-22-35(51-42)31-11-9-30(10-12-31)32-13-14-33(34-8-7-19-48-39(32)34)36-23-50-43(52-36)47-18-16-29(21-47)25-56(47)41(58)38(27(3)4)54-45(60)62-6/h7-14,19,22-23,26-29,37-38H,15-18,20-21,24-25H2,1-6H3,(H,49,51)(H,50,52)(H,53,59)(H,54,60)/t28-,29-,37-,38-,46?,47+/m0/s1. The lowest BCUT2D eigenvalue weighted by atomic mass is 9.93. The molecule has 5 aromatic rings. The summed E-state index contributed by atoms with van der Waals surface area (Å²) < 4.78 is 9.68. The van der Waals surface area contributed by atoms with Gasteiger partial charge in [0.05, 0.1) is 43.5 Å². The predicted octanol–water partition coefficient (Wildman–Crippen LogP) is 7.12. The van der Waals surface area contributed by atoms with Crippen molar-refractivity contribution >= 4 is 34.9 Å². The quantitative estimate of drug-likeness (QED) is 0.107. The number of likely N-dealkylation sites (tertiary alicyclic amines) is 2. The molecule has 15 nitrogen and oxygen atoms in total. The number of alkyl carbamates (subject to hydrolysis) is 2. The summed E-state index contributed by atoms with van der Waals surface area (Å²) in [5, 5.41) is 6.49. The van der Waals surface area contributed by atoms with Crippen molar-refractivity contribution in [3.05, 3.63) is 78.8 Å². The van der Waals surface area contributed by atoms with Crippen LogP contribution in [0.5, 0.6) is 0 Å². The zero-order valence-electron chi connectivity index (χ0n) is 36.2. The highest BCUT2D eigenvalue weighted by Gasteiger charge is 2.58. The number of hydrogen-bond acceptors (Lipinski definition) is 9. The van der Waals surface area contributed by atoms with E-state index in [0.29, 0.717) is 24.9 Å². The molecular weight excluding hydrogens is 787 g/mol. The second-order valence-corrected chi connectivity index (χ2v) is 18.3. The number of aromatic nitrogens is 5. The summed E-state index contributed by atoms with van der Waals surface area (Å²) in [6.45, 7) is 8.96. The Morgan fingerprint density at radius 3 is 1.69 bits per heavy atom. The van der Waals surface area contributed by atoms with Crippen molar-refractivity contribution in [2.75, 3.05) is 27.3 Å². The van der Waals surface area contributed by atoms with Gasteiger partial charge in [0.2, 0.25) is 11.8 Å². The van der Waals surface area contributed by atoms with Crippen molar-refractivity contribution in [3.8, 4) is 33.6 Å². The molecule has 2 aliphatic carbocycles. The first kappa shape index (κ1) is 41.1. The van der Waals surface area contributed by atoms with Crippen molar-refractivity contribution < 1.29 is 28.7 Å². The minimum atomic E-state index is -0.710. The fourth-order valence-electron chi connectivity index (χ4n) is 10.8. The van der Waals surface area contributed by atoms with Crippen molar-refractivity contribution in [3.63, 3.8) is 0 Å². The molecule has 5 heterocycles. The lowest BCUT2D eigenvalue weighted by Gasteiger charge is -2.40. The molecular formula is C47H55N9O6. The van der Waals surface area contributed by atoms with Gasteiger partial charge in [0.25, 0.3) is 0 Å². The van der Waals surface area contributed by atoms with Gasteiger partial charge in [-0.15, -0.1) is 0 Å². The molecule has 62 heavy (non-hydrogen) atoms. The fourth-order valence-corrected chi connectivity index (χ4v) is 10.8. The number of nitrogens with zero attached hydrogens (tertiary/aromatic N) is 5. The Hall–Kier alpha value is -6.25. The molecule has 4 bridgehead atoms. The number of fused-ring (bicyclic) bond motifs is 5. The summed E-state index contributed by atoms with van der Waals surface area (Å²) in [7, 11) is 2.61. The summed E-state index contributed by atoms with van der Waals surface area (Å²) in [4.78, 5) is 78.3. The second kappa shape index (κ2) is 15.9. The third kappa shape index (κ3) is 6.85. The van der Waals surface area contributed by atoms with Crippen LogP contribution in [0.25, 0.3) is 44.5 Å². The first-order chi connectivity index (χ1) is 29.8. The number of amides is 4. The van der Waals surface area contributed by atoms with E-state index in [1.54, 1.807) is 6.20 Å². The van der Waals surface area contributed by atoms with Crippen molar-refractivity contribution in [2.45, 2.75) is 89.4 Å².